The van der Waals surface area contributed by atoms with Gasteiger partial charge in [-0.1, -0.05) is 126 Å². The van der Waals surface area contributed by atoms with Crippen molar-refractivity contribution in [2.45, 2.75) is 0 Å². The van der Waals surface area contributed by atoms with E-state index < -0.39 is 0 Å². The molecule has 0 radical (unpaired) electrons. The van der Waals surface area contributed by atoms with Crippen molar-refractivity contribution in [3.8, 4) is 11.1 Å². The molecule has 0 spiro atoms. The van der Waals surface area contributed by atoms with Crippen LogP contribution in [0.3, 0.4) is 0 Å². The van der Waals surface area contributed by atoms with Gasteiger partial charge in [0.25, 0.3) is 5.84 Å². The molecule has 8 aromatic carbocycles. The Balaban J connectivity index is 1.12. The van der Waals surface area contributed by atoms with Crippen LogP contribution in [0.4, 0.5) is 0 Å². The van der Waals surface area contributed by atoms with Gasteiger partial charge in [-0.3, -0.25) is 0 Å². The number of benzene rings is 8. The molecule has 0 bridgehead atoms. The molecule has 0 atom stereocenters. The molecule has 0 aliphatic carbocycles. The van der Waals surface area contributed by atoms with E-state index in [4.69, 9.17) is 14.1 Å². The number of nitrogens with one attached hydrogen (secondary N) is 1. The summed E-state index contributed by atoms with van der Waals surface area (Å²) in [6, 6.07) is 57.3. The molecule has 2 heterocycles. The Morgan fingerprint density at radius 3 is 2.00 bits per heavy atom. The van der Waals surface area contributed by atoms with Gasteiger partial charge in [0.1, 0.15) is 11.2 Å². The predicted octanol–water partition coefficient (Wildman–Crippen LogP) is 10.0. The zero-order chi connectivity index (χ0) is 32.3. The summed E-state index contributed by atoms with van der Waals surface area (Å²) in [6.07, 6.45) is 0. The van der Waals surface area contributed by atoms with Gasteiger partial charge >= 0.3 is 11.7 Å². The van der Waals surface area contributed by atoms with Crippen LogP contribution in [0, 0.1) is 0 Å². The van der Waals surface area contributed by atoms with Crippen LogP contribution in [0.1, 0.15) is 16.7 Å². The maximum Gasteiger partial charge on any atom is 0.360 e. The van der Waals surface area contributed by atoms with Crippen molar-refractivity contribution in [1.29, 1.82) is 0 Å². The van der Waals surface area contributed by atoms with Crippen LogP contribution in [0.2, 0.25) is 0 Å². The third-order valence-corrected chi connectivity index (χ3v) is 9.60. The van der Waals surface area contributed by atoms with Gasteiger partial charge in [0, 0.05) is 10.8 Å². The predicted molar refractivity (Wildman–Crippen MR) is 205 cm³/mol. The average molecular weight is 627 g/mol. The molecule has 1 aliphatic rings. The van der Waals surface area contributed by atoms with Gasteiger partial charge in [-0.05, 0) is 85.9 Å². The molecule has 228 valence electrons. The fourth-order valence-corrected chi connectivity index (χ4v) is 7.28. The van der Waals surface area contributed by atoms with Crippen LogP contribution < -0.4 is 9.98 Å². The molecule has 4 nitrogen and oxygen atoms in total. The van der Waals surface area contributed by atoms with E-state index in [0.29, 0.717) is 5.84 Å². The first-order chi connectivity index (χ1) is 24.3. The lowest BCUT2D eigenvalue weighted by molar-refractivity contribution is 0.669. The lowest BCUT2D eigenvalue weighted by Crippen LogP contribution is -2.38. The second-order valence-corrected chi connectivity index (χ2v) is 12.4. The number of nitrogens with zero attached hydrogens (tertiary/aromatic N) is 2. The van der Waals surface area contributed by atoms with Crippen LogP contribution in [-0.2, 0) is 0 Å². The van der Waals surface area contributed by atoms with E-state index in [9.17, 15) is 0 Å². The highest BCUT2D eigenvalue weighted by Gasteiger charge is 2.28. The van der Waals surface area contributed by atoms with E-state index in [2.05, 4.69) is 121 Å². The number of amidine groups is 3. The number of hydrogen-bond donors (Lipinski definition) is 1. The summed E-state index contributed by atoms with van der Waals surface area (Å²) in [6.45, 7) is 0. The van der Waals surface area contributed by atoms with E-state index in [0.717, 1.165) is 55.9 Å². The molecule has 0 saturated heterocycles. The topological polar surface area (TPSA) is 51.6 Å². The molecule has 1 N–H and O–H groups in total. The smallest absolute Gasteiger partial charge is 0.360 e. The second-order valence-electron chi connectivity index (χ2n) is 12.4. The SMILES string of the molecule is c1ccc(C2=[N+]=C(c3ccc(-c4cccc5ccc6c7ccccc7ccc6c45)cc3)N=C(c3cccc4oc5ccccc5c34)N2)cc1. The summed E-state index contributed by atoms with van der Waals surface area (Å²) in [5.41, 5.74) is 6.93. The first-order valence-electron chi connectivity index (χ1n) is 16.5. The van der Waals surface area contributed by atoms with Crippen LogP contribution in [0.25, 0.3) is 65.4 Å². The standard InChI is InChI=1S/C45H27N3O/c1-2-11-31(12-3-1)43-46-44(48-45(47-43)38-17-9-19-40-42(38)37-15-6-7-18-39(37)49-40)32-22-20-29(21-23-32)34-16-8-13-30-25-26-35-33-14-5-4-10-28(33)24-27-36(35)41(30)34/h1-27H/p+1. The van der Waals surface area contributed by atoms with Gasteiger partial charge in [-0.25, -0.2) is 9.98 Å². The number of furan rings is 1. The molecule has 0 amide bonds. The Morgan fingerprint density at radius 2 is 1.10 bits per heavy atom. The molecule has 9 aromatic rings. The summed E-state index contributed by atoms with van der Waals surface area (Å²) in [4.78, 5) is 5.15. The van der Waals surface area contributed by atoms with E-state index in [1.54, 1.807) is 0 Å². The zero-order valence-electron chi connectivity index (χ0n) is 26.4. The Morgan fingerprint density at radius 1 is 0.429 bits per heavy atom. The van der Waals surface area contributed by atoms with Crippen LogP contribution >= 0.6 is 0 Å². The summed E-state index contributed by atoms with van der Waals surface area (Å²) >= 11 is 0. The molecular weight excluding hydrogens is 599 g/mol. The van der Waals surface area contributed by atoms with E-state index in [1.807, 2.05) is 48.5 Å². The molecule has 0 saturated carbocycles. The van der Waals surface area contributed by atoms with Crippen molar-refractivity contribution in [3.63, 3.8) is 0 Å². The minimum absolute atomic E-state index is 0.652. The number of para-hydroxylation sites is 1. The average Bonchev–Trinajstić information content (AvgIpc) is 3.57. The van der Waals surface area contributed by atoms with Crippen molar-refractivity contribution in [2.75, 3.05) is 0 Å². The van der Waals surface area contributed by atoms with Gasteiger partial charge in [0.15, 0.2) is 0 Å². The number of aliphatic imine (C=N–C) groups is 1. The van der Waals surface area contributed by atoms with Crippen LogP contribution in [-0.4, -0.2) is 17.5 Å². The van der Waals surface area contributed by atoms with Crippen molar-refractivity contribution in [3.05, 3.63) is 180 Å². The molecular formula is C45H28N3O+. The largest absolute Gasteiger partial charge is 0.456 e. The molecule has 0 fully saturated rings. The van der Waals surface area contributed by atoms with Crippen LogP contribution in [0.15, 0.2) is 173 Å². The number of fused-ring (bicyclic) bond motifs is 8. The Hall–Kier alpha value is -6.74. The van der Waals surface area contributed by atoms with Crippen molar-refractivity contribution >= 4 is 71.8 Å². The highest BCUT2D eigenvalue weighted by molar-refractivity contribution is 6.28. The van der Waals surface area contributed by atoms with Gasteiger partial charge in [-0.15, -0.1) is 0 Å². The zero-order valence-corrected chi connectivity index (χ0v) is 26.4. The van der Waals surface area contributed by atoms with Crippen molar-refractivity contribution < 1.29 is 4.42 Å². The molecule has 4 heteroatoms. The Bertz CT molecular complexity index is 2870. The highest BCUT2D eigenvalue weighted by atomic mass is 16.3. The van der Waals surface area contributed by atoms with E-state index >= 15 is 0 Å². The van der Waals surface area contributed by atoms with Gasteiger partial charge in [-0.2, -0.15) is 0 Å². The number of rotatable bonds is 4. The first-order valence-corrected chi connectivity index (χ1v) is 16.5. The fraction of sp³-hybridized carbons (Fsp3) is 0. The van der Waals surface area contributed by atoms with Crippen LogP contribution in [0.5, 0.6) is 0 Å². The first kappa shape index (κ1) is 27.4. The summed E-state index contributed by atoms with van der Waals surface area (Å²) in [5.74, 6) is 2.14. The van der Waals surface area contributed by atoms with Gasteiger partial charge < -0.3 is 4.42 Å². The second kappa shape index (κ2) is 10.9. The molecule has 10 rings (SSSR count). The number of hydrogen-bond acceptors (Lipinski definition) is 3. The Labute approximate surface area is 282 Å². The lowest BCUT2D eigenvalue weighted by atomic mass is 9.91. The summed E-state index contributed by atoms with van der Waals surface area (Å²) in [7, 11) is 0. The quantitative estimate of drug-likeness (QED) is 0.156. The summed E-state index contributed by atoms with van der Waals surface area (Å²) < 4.78 is 11.3. The van der Waals surface area contributed by atoms with Crippen molar-refractivity contribution in [2.24, 2.45) is 4.99 Å². The molecule has 0 unspecified atom stereocenters. The van der Waals surface area contributed by atoms with Crippen molar-refractivity contribution in [1.82, 2.24) is 9.98 Å². The third kappa shape index (κ3) is 4.47. The van der Waals surface area contributed by atoms with Gasteiger partial charge in [0.2, 0.25) is 0 Å². The van der Waals surface area contributed by atoms with Gasteiger partial charge in [0.05, 0.1) is 16.7 Å². The van der Waals surface area contributed by atoms with E-state index in [-0.39, 0.29) is 0 Å². The minimum Gasteiger partial charge on any atom is -0.456 e. The fourth-order valence-electron chi connectivity index (χ4n) is 7.28. The maximum atomic E-state index is 6.22. The molecule has 49 heavy (non-hydrogen) atoms. The Kier molecular flexibility index (Phi) is 6.10. The molecule has 1 aromatic heterocycles. The van der Waals surface area contributed by atoms with E-state index in [1.165, 1.54) is 37.9 Å². The molecule has 1 aliphatic heterocycles. The monoisotopic (exact) mass is 626 g/mol. The minimum atomic E-state index is 0.652. The highest BCUT2D eigenvalue weighted by Crippen LogP contribution is 2.37. The maximum absolute atomic E-state index is 6.22. The third-order valence-electron chi connectivity index (χ3n) is 9.60. The summed E-state index contributed by atoms with van der Waals surface area (Å²) in [5, 5.41) is 13.2. The lowest BCUT2D eigenvalue weighted by Gasteiger charge is -2.12. The normalized spacial score (nSPS) is 13.1.